The van der Waals surface area contributed by atoms with E-state index in [0.29, 0.717) is 12.2 Å². The molecule has 1 N–H and O–H groups in total. The van der Waals surface area contributed by atoms with Gasteiger partial charge in [0.25, 0.3) is 0 Å². The third kappa shape index (κ3) is 4.36. The van der Waals surface area contributed by atoms with Crippen LogP contribution in [0.4, 0.5) is 0 Å². The van der Waals surface area contributed by atoms with Crippen LogP contribution in [0.2, 0.25) is 0 Å². The molecule has 0 unspecified atom stereocenters. The maximum Gasteiger partial charge on any atom is 0.105 e. The Labute approximate surface area is 92.6 Å². The second-order valence-electron chi connectivity index (χ2n) is 2.65. The minimum absolute atomic E-state index is 0.0272. The SMILES string of the molecule is CC/C(O)=C(I)\C=C(/C)[C@@H](C)Cl. The van der Waals surface area contributed by atoms with Gasteiger partial charge in [0, 0.05) is 6.42 Å². The van der Waals surface area contributed by atoms with Gasteiger partial charge in [-0.15, -0.1) is 11.6 Å². The molecule has 0 bridgehead atoms. The second kappa shape index (κ2) is 5.86. The van der Waals surface area contributed by atoms with Gasteiger partial charge in [-0.2, -0.15) is 0 Å². The van der Waals surface area contributed by atoms with Gasteiger partial charge in [-0.05, 0) is 42.5 Å². The van der Waals surface area contributed by atoms with Crippen molar-refractivity contribution in [1.82, 2.24) is 0 Å². The molecule has 0 saturated heterocycles. The smallest absolute Gasteiger partial charge is 0.105 e. The third-order valence-electron chi connectivity index (χ3n) is 1.59. The average Bonchev–Trinajstić information content (AvgIpc) is 2.02. The molecule has 0 aromatic rings. The van der Waals surface area contributed by atoms with Crippen molar-refractivity contribution < 1.29 is 5.11 Å². The highest BCUT2D eigenvalue weighted by Crippen LogP contribution is 2.19. The first-order chi connectivity index (χ1) is 5.49. The van der Waals surface area contributed by atoms with Crippen molar-refractivity contribution in [3.05, 3.63) is 21.0 Å². The zero-order chi connectivity index (χ0) is 9.72. The highest BCUT2D eigenvalue weighted by molar-refractivity contribution is 14.1. The Balaban J connectivity index is 4.53. The molecule has 3 heteroatoms. The van der Waals surface area contributed by atoms with Crippen LogP contribution < -0.4 is 0 Å². The number of hydrogen-bond donors (Lipinski definition) is 1. The fourth-order valence-electron chi connectivity index (χ4n) is 0.567. The summed E-state index contributed by atoms with van der Waals surface area (Å²) in [5.74, 6) is 0.423. The molecule has 0 rings (SSSR count). The first-order valence-electron chi connectivity index (χ1n) is 3.88. The summed E-state index contributed by atoms with van der Waals surface area (Å²) in [4.78, 5) is 0. The molecule has 0 amide bonds. The quantitative estimate of drug-likeness (QED) is 0.359. The molecule has 0 aliphatic carbocycles. The number of aliphatic hydroxyl groups is 1. The monoisotopic (exact) mass is 300 g/mol. The van der Waals surface area contributed by atoms with E-state index >= 15 is 0 Å². The van der Waals surface area contributed by atoms with Crippen LogP contribution in [0.1, 0.15) is 27.2 Å². The van der Waals surface area contributed by atoms with Gasteiger partial charge >= 0.3 is 0 Å². The molecular formula is C9H14ClIO. The van der Waals surface area contributed by atoms with Gasteiger partial charge in [-0.3, -0.25) is 0 Å². The van der Waals surface area contributed by atoms with Crippen molar-refractivity contribution >= 4 is 34.2 Å². The highest BCUT2D eigenvalue weighted by atomic mass is 127. The van der Waals surface area contributed by atoms with E-state index in [9.17, 15) is 5.11 Å². The molecule has 0 aromatic carbocycles. The Morgan fingerprint density at radius 3 is 2.50 bits per heavy atom. The second-order valence-corrected chi connectivity index (χ2v) is 4.47. The number of hydrogen-bond acceptors (Lipinski definition) is 1. The Bertz CT molecular complexity index is 207. The van der Waals surface area contributed by atoms with E-state index in [1.807, 2.05) is 26.8 Å². The lowest BCUT2D eigenvalue weighted by Gasteiger charge is -2.03. The fraction of sp³-hybridized carbons (Fsp3) is 0.556. The minimum Gasteiger partial charge on any atom is -0.511 e. The molecule has 0 aliphatic rings. The normalized spacial score (nSPS) is 17.2. The summed E-state index contributed by atoms with van der Waals surface area (Å²) < 4.78 is 0.875. The third-order valence-corrected chi connectivity index (χ3v) is 2.87. The Morgan fingerprint density at radius 2 is 2.17 bits per heavy atom. The van der Waals surface area contributed by atoms with Gasteiger partial charge in [0.15, 0.2) is 0 Å². The van der Waals surface area contributed by atoms with Gasteiger partial charge in [-0.1, -0.05) is 12.5 Å². The van der Waals surface area contributed by atoms with E-state index in [-0.39, 0.29) is 5.38 Å². The number of halogens is 2. The van der Waals surface area contributed by atoms with Crippen molar-refractivity contribution in [2.24, 2.45) is 0 Å². The van der Waals surface area contributed by atoms with Crippen molar-refractivity contribution in [2.45, 2.75) is 32.6 Å². The fourth-order valence-corrected chi connectivity index (χ4v) is 1.50. The van der Waals surface area contributed by atoms with Gasteiger partial charge in [0.2, 0.25) is 0 Å². The predicted octanol–water partition coefficient (Wildman–Crippen LogP) is 4.17. The first-order valence-corrected chi connectivity index (χ1v) is 5.40. The van der Waals surface area contributed by atoms with Crippen molar-refractivity contribution in [1.29, 1.82) is 0 Å². The number of allylic oxidation sites excluding steroid dienone is 4. The Kier molecular flexibility index (Phi) is 6.01. The molecule has 0 radical (unpaired) electrons. The molecule has 0 spiro atoms. The molecule has 0 fully saturated rings. The summed E-state index contributed by atoms with van der Waals surface area (Å²) in [5.41, 5.74) is 1.07. The molecule has 0 heterocycles. The highest BCUT2D eigenvalue weighted by Gasteiger charge is 2.01. The van der Waals surface area contributed by atoms with Crippen LogP contribution in [0.25, 0.3) is 0 Å². The van der Waals surface area contributed by atoms with E-state index in [1.165, 1.54) is 0 Å². The van der Waals surface area contributed by atoms with Gasteiger partial charge in [0.05, 0.1) is 8.96 Å². The number of rotatable bonds is 3. The van der Waals surface area contributed by atoms with Gasteiger partial charge in [0.1, 0.15) is 5.76 Å². The molecule has 1 nitrogen and oxygen atoms in total. The summed E-state index contributed by atoms with van der Waals surface area (Å²) in [6.07, 6.45) is 2.58. The van der Waals surface area contributed by atoms with Crippen LogP contribution in [0.5, 0.6) is 0 Å². The molecule has 70 valence electrons. The van der Waals surface area contributed by atoms with E-state index in [4.69, 9.17) is 11.6 Å². The van der Waals surface area contributed by atoms with E-state index in [2.05, 4.69) is 22.6 Å². The zero-order valence-electron chi connectivity index (χ0n) is 7.56. The largest absolute Gasteiger partial charge is 0.511 e. The standard InChI is InChI=1S/C9H14ClIO/c1-4-9(12)8(11)5-6(2)7(3)10/h5,7,12H,4H2,1-3H3/b6-5+,9-8-/t7-/m1/s1. The maximum atomic E-state index is 9.34. The summed E-state index contributed by atoms with van der Waals surface area (Å²) in [7, 11) is 0. The van der Waals surface area contributed by atoms with Gasteiger partial charge < -0.3 is 5.11 Å². The predicted molar refractivity (Wildman–Crippen MR) is 63.0 cm³/mol. The lowest BCUT2D eigenvalue weighted by atomic mass is 10.2. The first kappa shape index (κ1) is 12.3. The van der Waals surface area contributed by atoms with Crippen LogP contribution in [0, 0.1) is 0 Å². The van der Waals surface area contributed by atoms with Crippen molar-refractivity contribution in [3.63, 3.8) is 0 Å². The lowest BCUT2D eigenvalue weighted by Crippen LogP contribution is -1.92. The molecule has 0 aromatic heterocycles. The van der Waals surface area contributed by atoms with Gasteiger partial charge in [-0.25, -0.2) is 0 Å². The minimum atomic E-state index is 0.0272. The lowest BCUT2D eigenvalue weighted by molar-refractivity contribution is 0.394. The van der Waals surface area contributed by atoms with Crippen molar-refractivity contribution in [3.8, 4) is 0 Å². The zero-order valence-corrected chi connectivity index (χ0v) is 10.5. The van der Waals surface area contributed by atoms with Crippen LogP contribution in [-0.4, -0.2) is 10.5 Å². The Morgan fingerprint density at radius 1 is 1.67 bits per heavy atom. The van der Waals surface area contributed by atoms with Crippen LogP contribution in [0.3, 0.4) is 0 Å². The molecular weight excluding hydrogens is 286 g/mol. The van der Waals surface area contributed by atoms with Crippen LogP contribution >= 0.6 is 34.2 Å². The Hall–Kier alpha value is 0.300. The van der Waals surface area contributed by atoms with Crippen LogP contribution in [0.15, 0.2) is 21.0 Å². The average molecular weight is 301 g/mol. The van der Waals surface area contributed by atoms with E-state index in [1.54, 1.807) is 0 Å². The topological polar surface area (TPSA) is 20.2 Å². The summed E-state index contributed by atoms with van der Waals surface area (Å²) in [5, 5.41) is 9.37. The van der Waals surface area contributed by atoms with E-state index < -0.39 is 0 Å². The number of aliphatic hydroxyl groups excluding tert-OH is 1. The molecule has 0 saturated carbocycles. The molecule has 1 atom stereocenters. The van der Waals surface area contributed by atoms with E-state index in [0.717, 1.165) is 9.15 Å². The summed E-state index contributed by atoms with van der Waals surface area (Å²) in [6.45, 7) is 5.79. The number of alkyl halides is 1. The van der Waals surface area contributed by atoms with Crippen LogP contribution in [-0.2, 0) is 0 Å². The van der Waals surface area contributed by atoms with Crippen molar-refractivity contribution in [2.75, 3.05) is 0 Å². The summed E-state index contributed by atoms with van der Waals surface area (Å²) >= 11 is 7.96. The maximum absolute atomic E-state index is 9.34. The summed E-state index contributed by atoms with van der Waals surface area (Å²) in [6, 6.07) is 0. The molecule has 0 aliphatic heterocycles. The molecule has 12 heavy (non-hydrogen) atoms.